The molecule has 1 atom stereocenters. The standard InChI is InChI=1S/C20H23N3O2S/c1-13(2)20-21-15(12-26-20)10-18(24)23-9-5-6-14(11-23)19-22-16-7-3-4-8-17(16)25-19/h3-4,7-8,12-14H,5-6,9-11H2,1-2H3. The molecule has 5 nitrogen and oxygen atoms in total. The third-order valence-electron chi connectivity index (χ3n) is 4.83. The SMILES string of the molecule is CC(C)c1nc(CC(=O)N2CCCC(c3nc4ccccc4o3)C2)cs1. The Morgan fingerprint density at radius 3 is 2.96 bits per heavy atom. The Bertz CT molecular complexity index is 882. The van der Waals surface area contributed by atoms with Crippen molar-refractivity contribution >= 4 is 28.3 Å². The van der Waals surface area contributed by atoms with E-state index in [0.717, 1.165) is 47.1 Å². The Kier molecular flexibility index (Phi) is 4.76. The number of benzene rings is 1. The minimum absolute atomic E-state index is 0.145. The summed E-state index contributed by atoms with van der Waals surface area (Å²) in [7, 11) is 0. The van der Waals surface area contributed by atoms with E-state index in [2.05, 4.69) is 23.8 Å². The second kappa shape index (κ2) is 7.19. The van der Waals surface area contributed by atoms with Gasteiger partial charge in [-0.25, -0.2) is 9.97 Å². The van der Waals surface area contributed by atoms with Crippen LogP contribution in [0.25, 0.3) is 11.1 Å². The monoisotopic (exact) mass is 369 g/mol. The second-order valence-corrected chi connectivity index (χ2v) is 8.10. The van der Waals surface area contributed by atoms with Crippen LogP contribution in [-0.2, 0) is 11.2 Å². The van der Waals surface area contributed by atoms with Gasteiger partial charge in [-0.05, 0) is 25.0 Å². The fourth-order valence-corrected chi connectivity index (χ4v) is 4.24. The molecular weight excluding hydrogens is 346 g/mol. The molecular formula is C20H23N3O2S. The van der Waals surface area contributed by atoms with Gasteiger partial charge in [0.05, 0.1) is 23.0 Å². The van der Waals surface area contributed by atoms with Crippen molar-refractivity contribution in [1.29, 1.82) is 0 Å². The molecule has 3 heterocycles. The molecule has 0 bridgehead atoms. The summed E-state index contributed by atoms with van der Waals surface area (Å²) >= 11 is 1.64. The van der Waals surface area contributed by atoms with Gasteiger partial charge in [0.1, 0.15) is 5.52 Å². The van der Waals surface area contributed by atoms with Crippen molar-refractivity contribution in [3.63, 3.8) is 0 Å². The highest BCUT2D eigenvalue weighted by atomic mass is 32.1. The fraction of sp³-hybridized carbons (Fsp3) is 0.450. The molecule has 26 heavy (non-hydrogen) atoms. The van der Waals surface area contributed by atoms with Gasteiger partial charge >= 0.3 is 0 Å². The molecule has 1 unspecified atom stereocenters. The van der Waals surface area contributed by atoms with Crippen LogP contribution in [0.4, 0.5) is 0 Å². The van der Waals surface area contributed by atoms with Gasteiger partial charge in [0.2, 0.25) is 5.91 Å². The van der Waals surface area contributed by atoms with E-state index in [1.54, 1.807) is 11.3 Å². The van der Waals surface area contributed by atoms with Crippen LogP contribution < -0.4 is 0 Å². The van der Waals surface area contributed by atoms with Crippen molar-refractivity contribution in [2.75, 3.05) is 13.1 Å². The Morgan fingerprint density at radius 2 is 2.19 bits per heavy atom. The lowest BCUT2D eigenvalue weighted by Gasteiger charge is -2.31. The number of carbonyl (C=O) groups excluding carboxylic acids is 1. The van der Waals surface area contributed by atoms with E-state index in [4.69, 9.17) is 4.42 Å². The van der Waals surface area contributed by atoms with Crippen molar-refractivity contribution in [2.45, 2.75) is 44.9 Å². The van der Waals surface area contributed by atoms with E-state index in [0.29, 0.717) is 18.9 Å². The van der Waals surface area contributed by atoms with E-state index in [1.165, 1.54) is 0 Å². The molecule has 1 fully saturated rings. The summed E-state index contributed by atoms with van der Waals surface area (Å²) in [5.74, 6) is 1.47. The highest BCUT2D eigenvalue weighted by molar-refractivity contribution is 7.09. The lowest BCUT2D eigenvalue weighted by molar-refractivity contribution is -0.131. The van der Waals surface area contributed by atoms with Gasteiger partial charge in [0.25, 0.3) is 0 Å². The molecule has 1 aliphatic heterocycles. The zero-order valence-corrected chi connectivity index (χ0v) is 16.0. The molecule has 136 valence electrons. The number of amides is 1. The zero-order chi connectivity index (χ0) is 18.1. The molecule has 1 aromatic carbocycles. The number of para-hydroxylation sites is 2. The zero-order valence-electron chi connectivity index (χ0n) is 15.1. The molecule has 0 radical (unpaired) electrons. The molecule has 3 aromatic rings. The molecule has 0 spiro atoms. The van der Waals surface area contributed by atoms with Crippen LogP contribution in [0.5, 0.6) is 0 Å². The summed E-state index contributed by atoms with van der Waals surface area (Å²) in [6, 6.07) is 7.81. The number of rotatable bonds is 4. The molecule has 1 aliphatic rings. The summed E-state index contributed by atoms with van der Waals surface area (Å²) < 4.78 is 5.92. The lowest BCUT2D eigenvalue weighted by Crippen LogP contribution is -2.40. The largest absolute Gasteiger partial charge is 0.440 e. The van der Waals surface area contributed by atoms with Gasteiger partial charge in [-0.1, -0.05) is 26.0 Å². The van der Waals surface area contributed by atoms with Crippen LogP contribution in [0, 0.1) is 0 Å². The molecule has 0 aliphatic carbocycles. The number of aromatic nitrogens is 2. The smallest absolute Gasteiger partial charge is 0.228 e. The first-order chi connectivity index (χ1) is 12.6. The molecule has 0 N–H and O–H groups in total. The summed E-state index contributed by atoms with van der Waals surface area (Å²) in [5, 5.41) is 3.10. The summed E-state index contributed by atoms with van der Waals surface area (Å²) in [6.07, 6.45) is 2.36. The van der Waals surface area contributed by atoms with Gasteiger partial charge in [-0.3, -0.25) is 4.79 Å². The number of hydrogen-bond acceptors (Lipinski definition) is 5. The maximum Gasteiger partial charge on any atom is 0.228 e. The van der Waals surface area contributed by atoms with E-state index >= 15 is 0 Å². The van der Waals surface area contributed by atoms with Crippen molar-refractivity contribution in [3.05, 3.63) is 46.2 Å². The van der Waals surface area contributed by atoms with Crippen LogP contribution in [0.2, 0.25) is 0 Å². The van der Waals surface area contributed by atoms with Crippen molar-refractivity contribution in [1.82, 2.24) is 14.9 Å². The number of piperidine rings is 1. The number of carbonyl (C=O) groups is 1. The fourth-order valence-electron chi connectivity index (χ4n) is 3.41. The third kappa shape index (κ3) is 3.51. The molecule has 2 aromatic heterocycles. The normalized spacial score (nSPS) is 18.0. The average molecular weight is 369 g/mol. The third-order valence-corrected chi connectivity index (χ3v) is 6.02. The Balaban J connectivity index is 1.44. The number of nitrogens with zero attached hydrogens (tertiary/aromatic N) is 3. The summed E-state index contributed by atoms with van der Waals surface area (Å²) in [6.45, 7) is 5.73. The van der Waals surface area contributed by atoms with Gasteiger partial charge in [0.15, 0.2) is 11.5 Å². The van der Waals surface area contributed by atoms with Crippen LogP contribution in [-0.4, -0.2) is 33.9 Å². The Morgan fingerprint density at radius 1 is 1.35 bits per heavy atom. The maximum absolute atomic E-state index is 12.7. The van der Waals surface area contributed by atoms with E-state index in [9.17, 15) is 4.79 Å². The molecule has 1 saturated heterocycles. The highest BCUT2D eigenvalue weighted by Gasteiger charge is 2.28. The number of thiazole rings is 1. The number of fused-ring (bicyclic) bond motifs is 1. The van der Waals surface area contributed by atoms with Gasteiger partial charge in [-0.2, -0.15) is 0 Å². The van der Waals surface area contributed by atoms with E-state index in [-0.39, 0.29) is 11.8 Å². The number of hydrogen-bond donors (Lipinski definition) is 0. The average Bonchev–Trinajstić information content (AvgIpc) is 3.28. The topological polar surface area (TPSA) is 59.2 Å². The number of likely N-dealkylation sites (tertiary alicyclic amines) is 1. The second-order valence-electron chi connectivity index (χ2n) is 7.21. The minimum atomic E-state index is 0.145. The first-order valence-electron chi connectivity index (χ1n) is 9.17. The first-order valence-corrected chi connectivity index (χ1v) is 10.1. The maximum atomic E-state index is 12.7. The molecule has 6 heteroatoms. The van der Waals surface area contributed by atoms with Crippen LogP contribution in [0.15, 0.2) is 34.1 Å². The van der Waals surface area contributed by atoms with Crippen LogP contribution >= 0.6 is 11.3 Å². The Labute approximate surface area is 157 Å². The van der Waals surface area contributed by atoms with Crippen molar-refractivity contribution < 1.29 is 9.21 Å². The predicted molar refractivity (Wildman–Crippen MR) is 102 cm³/mol. The molecule has 4 rings (SSSR count). The van der Waals surface area contributed by atoms with E-state index in [1.807, 2.05) is 34.5 Å². The molecule has 0 saturated carbocycles. The van der Waals surface area contributed by atoms with Crippen molar-refractivity contribution in [2.24, 2.45) is 0 Å². The quantitative estimate of drug-likeness (QED) is 0.686. The molecule has 1 amide bonds. The van der Waals surface area contributed by atoms with Gasteiger partial charge in [0, 0.05) is 24.4 Å². The lowest BCUT2D eigenvalue weighted by atomic mass is 9.97. The number of oxazole rings is 1. The first kappa shape index (κ1) is 17.2. The minimum Gasteiger partial charge on any atom is -0.440 e. The summed E-state index contributed by atoms with van der Waals surface area (Å²) in [4.78, 5) is 23.9. The predicted octanol–water partition coefficient (Wildman–Crippen LogP) is 4.36. The van der Waals surface area contributed by atoms with Crippen LogP contribution in [0.1, 0.15) is 55.1 Å². The summed E-state index contributed by atoms with van der Waals surface area (Å²) in [5.41, 5.74) is 2.58. The Hall–Kier alpha value is -2.21. The van der Waals surface area contributed by atoms with Gasteiger partial charge in [-0.15, -0.1) is 11.3 Å². The van der Waals surface area contributed by atoms with E-state index < -0.39 is 0 Å². The van der Waals surface area contributed by atoms with Crippen LogP contribution in [0.3, 0.4) is 0 Å². The highest BCUT2D eigenvalue weighted by Crippen LogP contribution is 2.29. The van der Waals surface area contributed by atoms with Crippen molar-refractivity contribution in [3.8, 4) is 0 Å². The van der Waals surface area contributed by atoms with Gasteiger partial charge < -0.3 is 9.32 Å².